The third-order valence-corrected chi connectivity index (χ3v) is 5.14. The second kappa shape index (κ2) is 8.06. The minimum absolute atomic E-state index is 0.0262. The van der Waals surface area contributed by atoms with E-state index in [1.807, 2.05) is 66.0 Å². The van der Waals surface area contributed by atoms with Crippen molar-refractivity contribution in [2.75, 3.05) is 4.90 Å². The molecule has 1 heterocycles. The van der Waals surface area contributed by atoms with Gasteiger partial charge >= 0.3 is 5.97 Å². The maximum Gasteiger partial charge on any atom is 0.307 e. The van der Waals surface area contributed by atoms with Crippen LogP contribution in [0.25, 0.3) is 11.3 Å². The van der Waals surface area contributed by atoms with E-state index in [0.717, 1.165) is 33.3 Å². The molecule has 0 aliphatic heterocycles. The third-order valence-electron chi connectivity index (χ3n) is 4.32. The van der Waals surface area contributed by atoms with Crippen molar-refractivity contribution in [3.8, 4) is 11.3 Å². The fourth-order valence-electron chi connectivity index (χ4n) is 2.99. The maximum absolute atomic E-state index is 10.9. The van der Waals surface area contributed by atoms with Crippen LogP contribution < -0.4 is 4.90 Å². The fraction of sp³-hybridized carbons (Fsp3) is 0.0435. The highest BCUT2D eigenvalue weighted by Crippen LogP contribution is 2.37. The SMILES string of the molecule is O=C(O)Cc1ccc(-c2csc(N(c3ccccc3)c3ccccc3)n2)cc1. The van der Waals surface area contributed by atoms with Crippen LogP contribution in [0.15, 0.2) is 90.3 Å². The summed E-state index contributed by atoms with van der Waals surface area (Å²) in [5.41, 5.74) is 4.72. The molecule has 0 spiro atoms. The summed E-state index contributed by atoms with van der Waals surface area (Å²) in [6.45, 7) is 0. The number of carboxylic acid groups (broad SMARTS) is 1. The van der Waals surface area contributed by atoms with Crippen LogP contribution in [-0.2, 0) is 11.2 Å². The normalized spacial score (nSPS) is 10.6. The Morgan fingerprint density at radius 2 is 1.43 bits per heavy atom. The standard InChI is InChI=1S/C23H18N2O2S/c26-22(27)15-17-11-13-18(14-12-17)21-16-28-23(24-21)25(19-7-3-1-4-8-19)20-9-5-2-6-10-20/h1-14,16H,15H2,(H,26,27). The number of carboxylic acids is 1. The first-order valence-corrected chi connectivity index (χ1v) is 9.75. The first-order valence-electron chi connectivity index (χ1n) is 8.87. The van der Waals surface area contributed by atoms with Crippen LogP contribution in [-0.4, -0.2) is 16.1 Å². The largest absolute Gasteiger partial charge is 0.481 e. The Morgan fingerprint density at radius 1 is 0.857 bits per heavy atom. The van der Waals surface area contributed by atoms with Gasteiger partial charge in [-0.2, -0.15) is 0 Å². The van der Waals surface area contributed by atoms with Crippen molar-refractivity contribution in [1.29, 1.82) is 0 Å². The van der Waals surface area contributed by atoms with Crippen LogP contribution in [0.2, 0.25) is 0 Å². The van der Waals surface area contributed by atoms with Crippen LogP contribution in [0, 0.1) is 0 Å². The van der Waals surface area contributed by atoms with Gasteiger partial charge in [0, 0.05) is 22.3 Å². The molecule has 0 saturated carbocycles. The second-order valence-corrected chi connectivity index (χ2v) is 7.13. The molecule has 0 atom stereocenters. The summed E-state index contributed by atoms with van der Waals surface area (Å²) >= 11 is 1.58. The van der Waals surface area contributed by atoms with E-state index in [2.05, 4.69) is 29.2 Å². The highest BCUT2D eigenvalue weighted by atomic mass is 32.1. The number of hydrogen-bond donors (Lipinski definition) is 1. The predicted octanol–water partition coefficient (Wildman–Crippen LogP) is 5.91. The van der Waals surface area contributed by atoms with E-state index in [1.54, 1.807) is 11.3 Å². The topological polar surface area (TPSA) is 53.4 Å². The number of rotatable bonds is 6. The molecule has 0 saturated heterocycles. The molecule has 0 bridgehead atoms. The minimum Gasteiger partial charge on any atom is -0.481 e. The number of anilines is 3. The van der Waals surface area contributed by atoms with E-state index in [4.69, 9.17) is 10.1 Å². The molecule has 0 fully saturated rings. The van der Waals surface area contributed by atoms with Gasteiger partial charge in [0.15, 0.2) is 5.13 Å². The highest BCUT2D eigenvalue weighted by Gasteiger charge is 2.16. The van der Waals surface area contributed by atoms with Crippen molar-refractivity contribution in [1.82, 2.24) is 4.98 Å². The van der Waals surface area contributed by atoms with Gasteiger partial charge in [-0.05, 0) is 29.8 Å². The Balaban J connectivity index is 1.68. The van der Waals surface area contributed by atoms with Gasteiger partial charge in [0.05, 0.1) is 12.1 Å². The molecule has 4 rings (SSSR count). The van der Waals surface area contributed by atoms with Crippen LogP contribution in [0.3, 0.4) is 0 Å². The van der Waals surface area contributed by atoms with E-state index in [9.17, 15) is 4.79 Å². The summed E-state index contributed by atoms with van der Waals surface area (Å²) < 4.78 is 0. The summed E-state index contributed by atoms with van der Waals surface area (Å²) in [5.74, 6) is -0.829. The van der Waals surface area contributed by atoms with E-state index in [1.165, 1.54) is 0 Å². The number of thiazole rings is 1. The number of carbonyl (C=O) groups is 1. The van der Waals surface area contributed by atoms with Crippen LogP contribution in [0.4, 0.5) is 16.5 Å². The third kappa shape index (κ3) is 3.94. The number of hydrogen-bond acceptors (Lipinski definition) is 4. The van der Waals surface area contributed by atoms with Crippen LogP contribution in [0.1, 0.15) is 5.56 Å². The fourth-order valence-corrected chi connectivity index (χ4v) is 3.86. The lowest BCUT2D eigenvalue weighted by molar-refractivity contribution is -0.136. The van der Waals surface area contributed by atoms with Crippen LogP contribution in [0.5, 0.6) is 0 Å². The zero-order valence-corrected chi connectivity index (χ0v) is 15.8. The van der Waals surface area contributed by atoms with E-state index >= 15 is 0 Å². The lowest BCUT2D eigenvalue weighted by Crippen LogP contribution is -2.09. The van der Waals surface area contributed by atoms with Gasteiger partial charge in [0.25, 0.3) is 0 Å². The molecule has 5 heteroatoms. The summed E-state index contributed by atoms with van der Waals surface area (Å²) in [5, 5.41) is 11.8. The number of para-hydroxylation sites is 2. The molecule has 0 amide bonds. The summed E-state index contributed by atoms with van der Waals surface area (Å²) in [6, 6.07) is 27.8. The molecular formula is C23H18N2O2S. The number of benzene rings is 3. The van der Waals surface area contributed by atoms with Gasteiger partial charge in [0.2, 0.25) is 0 Å². The van der Waals surface area contributed by atoms with E-state index in [-0.39, 0.29) is 6.42 Å². The Morgan fingerprint density at radius 3 is 1.96 bits per heavy atom. The van der Waals surface area contributed by atoms with E-state index in [0.29, 0.717) is 0 Å². The minimum atomic E-state index is -0.829. The van der Waals surface area contributed by atoms with Gasteiger partial charge in [-0.15, -0.1) is 11.3 Å². The van der Waals surface area contributed by atoms with Crippen LogP contribution >= 0.6 is 11.3 Å². The van der Waals surface area contributed by atoms with Gasteiger partial charge in [-0.1, -0.05) is 60.7 Å². The zero-order valence-electron chi connectivity index (χ0n) is 15.0. The average Bonchev–Trinajstić information content (AvgIpc) is 3.20. The van der Waals surface area contributed by atoms with Crippen molar-refractivity contribution < 1.29 is 9.90 Å². The first kappa shape index (κ1) is 17.9. The van der Waals surface area contributed by atoms with Crippen molar-refractivity contribution in [2.24, 2.45) is 0 Å². The smallest absolute Gasteiger partial charge is 0.307 e. The molecule has 4 nitrogen and oxygen atoms in total. The van der Waals surface area contributed by atoms with Crippen molar-refractivity contribution >= 4 is 33.8 Å². The number of aromatic nitrogens is 1. The molecule has 3 aromatic carbocycles. The average molecular weight is 386 g/mol. The molecule has 4 aromatic rings. The Bertz CT molecular complexity index is 1020. The molecule has 0 radical (unpaired) electrons. The van der Waals surface area contributed by atoms with Crippen molar-refractivity contribution in [3.05, 3.63) is 95.9 Å². The Labute approximate surface area is 167 Å². The van der Waals surface area contributed by atoms with Crippen molar-refractivity contribution in [2.45, 2.75) is 6.42 Å². The number of aliphatic carboxylic acids is 1. The first-order chi connectivity index (χ1) is 13.7. The lowest BCUT2D eigenvalue weighted by atomic mass is 10.1. The molecule has 28 heavy (non-hydrogen) atoms. The van der Waals surface area contributed by atoms with Crippen molar-refractivity contribution in [3.63, 3.8) is 0 Å². The monoisotopic (exact) mass is 386 g/mol. The lowest BCUT2D eigenvalue weighted by Gasteiger charge is -2.22. The van der Waals surface area contributed by atoms with Gasteiger partial charge < -0.3 is 5.11 Å². The molecule has 0 aliphatic carbocycles. The van der Waals surface area contributed by atoms with Gasteiger partial charge in [-0.25, -0.2) is 4.98 Å². The van der Waals surface area contributed by atoms with E-state index < -0.39 is 5.97 Å². The maximum atomic E-state index is 10.9. The zero-order chi connectivity index (χ0) is 19.3. The Kier molecular flexibility index (Phi) is 5.17. The van der Waals surface area contributed by atoms with Gasteiger partial charge in [-0.3, -0.25) is 9.69 Å². The molecule has 1 N–H and O–H groups in total. The highest BCUT2D eigenvalue weighted by molar-refractivity contribution is 7.14. The quantitative estimate of drug-likeness (QED) is 0.448. The Hall–Kier alpha value is -3.44. The molecule has 1 aromatic heterocycles. The molecule has 138 valence electrons. The predicted molar refractivity (Wildman–Crippen MR) is 114 cm³/mol. The second-order valence-electron chi connectivity index (χ2n) is 6.29. The molecular weight excluding hydrogens is 368 g/mol. The molecule has 0 unspecified atom stereocenters. The van der Waals surface area contributed by atoms with Gasteiger partial charge in [0.1, 0.15) is 0 Å². The number of nitrogens with zero attached hydrogens (tertiary/aromatic N) is 2. The summed E-state index contributed by atoms with van der Waals surface area (Å²) in [7, 11) is 0. The summed E-state index contributed by atoms with van der Waals surface area (Å²) in [6.07, 6.45) is 0.0262. The molecule has 0 aliphatic rings. The summed E-state index contributed by atoms with van der Waals surface area (Å²) in [4.78, 5) is 17.8.